The Bertz CT molecular complexity index is 1010. The van der Waals surface area contributed by atoms with Crippen LogP contribution in [0.2, 0.25) is 0 Å². The summed E-state index contributed by atoms with van der Waals surface area (Å²) in [6.07, 6.45) is -1.07. The highest BCUT2D eigenvalue weighted by atomic mass is 32.2. The number of methoxy groups -OCH3 is 1. The van der Waals surface area contributed by atoms with Crippen molar-refractivity contribution in [3.05, 3.63) is 23.2 Å². The number of Topliss-reactive ketones (excluding diaryl/α,β-unsaturated/α-hetero) is 1. The molecular weight excluding hydrogens is 535 g/mol. The molecule has 3 heterocycles. The molecule has 0 saturated carbocycles. The molecule has 0 bridgehead atoms. The number of amides is 1. The molecule has 3 saturated heterocycles. The summed E-state index contributed by atoms with van der Waals surface area (Å²) < 4.78 is 36.3. The van der Waals surface area contributed by atoms with Gasteiger partial charge in [0.15, 0.2) is 0 Å². The number of alkyl halides is 3. The van der Waals surface area contributed by atoms with Crippen LogP contribution in [0.15, 0.2) is 23.2 Å². The van der Waals surface area contributed by atoms with E-state index in [1.54, 1.807) is 11.8 Å². The van der Waals surface area contributed by atoms with Gasteiger partial charge in [-0.05, 0) is 18.4 Å². The first-order chi connectivity index (χ1) is 17.8. The summed E-state index contributed by atoms with van der Waals surface area (Å²) in [4.78, 5) is 61.5. The fourth-order valence-corrected chi connectivity index (χ4v) is 3.63. The number of aliphatic carboxylic acids is 1. The molecule has 0 spiro atoms. The van der Waals surface area contributed by atoms with E-state index < -0.39 is 24.2 Å². The van der Waals surface area contributed by atoms with Crippen molar-refractivity contribution in [1.82, 2.24) is 20.0 Å². The van der Waals surface area contributed by atoms with Crippen LogP contribution in [0, 0.1) is 0 Å². The van der Waals surface area contributed by atoms with Gasteiger partial charge in [0, 0.05) is 45.3 Å². The van der Waals surface area contributed by atoms with Gasteiger partial charge in [0.1, 0.15) is 17.4 Å². The number of nitrogens with two attached hydrogens (primary N) is 1. The number of ether oxygens (including phenoxy) is 1. The molecule has 1 atom stereocenters. The summed E-state index contributed by atoms with van der Waals surface area (Å²) in [5.74, 6) is -2.70. The van der Waals surface area contributed by atoms with Crippen molar-refractivity contribution < 1.29 is 47.0 Å². The fraction of sp³-hybridized carbons (Fsp3) is 0.591. The van der Waals surface area contributed by atoms with Crippen LogP contribution < -0.4 is 11.1 Å². The van der Waals surface area contributed by atoms with Gasteiger partial charge in [-0.3, -0.25) is 14.4 Å². The first-order valence-corrected chi connectivity index (χ1v) is 12.9. The zero-order chi connectivity index (χ0) is 28.6. The van der Waals surface area contributed by atoms with E-state index in [4.69, 9.17) is 15.6 Å². The molecule has 4 N–H and O–H groups in total. The van der Waals surface area contributed by atoms with E-state index in [1.165, 1.54) is 13.2 Å². The van der Waals surface area contributed by atoms with Crippen LogP contribution in [0.4, 0.5) is 13.2 Å². The number of rotatable bonds is 9. The summed E-state index contributed by atoms with van der Waals surface area (Å²) in [7, 11) is 1.29. The lowest BCUT2D eigenvalue weighted by Gasteiger charge is -2.21. The highest BCUT2D eigenvalue weighted by Gasteiger charge is 2.43. The van der Waals surface area contributed by atoms with Crippen LogP contribution in [0.3, 0.4) is 0 Å². The predicted molar refractivity (Wildman–Crippen MR) is 130 cm³/mol. The maximum atomic E-state index is 12.4. The van der Waals surface area contributed by atoms with Gasteiger partial charge in [-0.1, -0.05) is 0 Å². The number of halogens is 3. The number of nitrogens with one attached hydrogen (secondary N) is 1. The van der Waals surface area contributed by atoms with Crippen molar-refractivity contribution in [2.45, 2.75) is 18.6 Å². The average molecular weight is 566 g/mol. The summed E-state index contributed by atoms with van der Waals surface area (Å²) in [6, 6.07) is -0.580. The quantitative estimate of drug-likeness (QED) is 0.181. The van der Waals surface area contributed by atoms with E-state index in [9.17, 15) is 32.3 Å². The van der Waals surface area contributed by atoms with Crippen molar-refractivity contribution in [2.75, 3.05) is 64.9 Å². The van der Waals surface area contributed by atoms with Crippen LogP contribution in [0.1, 0.15) is 6.42 Å². The molecule has 12 nitrogen and oxygen atoms in total. The zero-order valence-corrected chi connectivity index (χ0v) is 21.7. The molecule has 4 aliphatic rings. The smallest absolute Gasteiger partial charge is 0.475 e. The Morgan fingerprint density at radius 2 is 1.58 bits per heavy atom. The molecule has 0 aromatic carbocycles. The number of allylic oxidation sites excluding steroid dienone is 1. The second-order valence-corrected chi connectivity index (χ2v) is 9.30. The maximum Gasteiger partial charge on any atom is 0.490 e. The summed E-state index contributed by atoms with van der Waals surface area (Å²) >= 11 is 1.60. The van der Waals surface area contributed by atoms with E-state index >= 15 is 0 Å². The molecule has 1 aliphatic carbocycles. The largest absolute Gasteiger partial charge is 0.490 e. The van der Waals surface area contributed by atoms with Crippen LogP contribution >= 0.6 is 11.8 Å². The third kappa shape index (κ3) is 9.24. The molecule has 1 unspecified atom stereocenters. The van der Waals surface area contributed by atoms with Gasteiger partial charge in [0.05, 0.1) is 19.4 Å². The predicted octanol–water partition coefficient (Wildman–Crippen LogP) is -0.830. The van der Waals surface area contributed by atoms with Gasteiger partial charge < -0.3 is 35.6 Å². The number of carboxylic acid groups (broad SMARTS) is 1. The van der Waals surface area contributed by atoms with E-state index in [-0.39, 0.29) is 24.0 Å². The zero-order valence-electron chi connectivity index (χ0n) is 20.9. The minimum atomic E-state index is -5.08. The summed E-state index contributed by atoms with van der Waals surface area (Å²) in [6.45, 7) is 5.29. The Labute approximate surface area is 221 Å². The third-order valence-electron chi connectivity index (χ3n) is 5.35. The topological polar surface area (TPSA) is 162 Å². The third-order valence-corrected chi connectivity index (χ3v) is 5.99. The van der Waals surface area contributed by atoms with Crippen LogP contribution in [0.25, 0.3) is 0 Å². The lowest BCUT2D eigenvalue weighted by molar-refractivity contribution is -0.192. The number of ketones is 2. The highest BCUT2D eigenvalue weighted by molar-refractivity contribution is 7.98. The van der Waals surface area contributed by atoms with Crippen molar-refractivity contribution in [3.63, 3.8) is 0 Å². The van der Waals surface area contributed by atoms with Crippen LogP contribution in [-0.4, -0.2) is 126 Å². The van der Waals surface area contributed by atoms with Gasteiger partial charge in [-0.25, -0.2) is 9.59 Å². The molecule has 3 aliphatic heterocycles. The second-order valence-electron chi connectivity index (χ2n) is 8.31. The second kappa shape index (κ2) is 13.5. The lowest BCUT2D eigenvalue weighted by Crippen LogP contribution is -2.44. The normalized spacial score (nSPS) is 18.4. The number of hydrogen-bond acceptors (Lipinski definition) is 11. The summed E-state index contributed by atoms with van der Waals surface area (Å²) in [5, 5.41) is 9.63. The lowest BCUT2D eigenvalue weighted by atomic mass is 10.0. The van der Waals surface area contributed by atoms with E-state index in [1.807, 2.05) is 21.0 Å². The van der Waals surface area contributed by atoms with Crippen molar-refractivity contribution in [2.24, 2.45) is 5.73 Å². The number of carbonyl (C=O) groups is 5. The molecule has 16 heteroatoms. The number of carboxylic acids is 1. The van der Waals surface area contributed by atoms with Crippen LogP contribution in [0.5, 0.6) is 0 Å². The monoisotopic (exact) mass is 565 g/mol. The standard InChI is InChI=1S/C12H13N3O2.C8H16N2O3S.C2HF3O2/c16-9-7-8(13-1-2-13)12(17)11(15-5-6-15)10(9)14-3-4-14;1-13-8(12)6(3-4-14-2)10-7(11)5-9;3-2(4,5)1(6)7/h7H,1-6H2;6H,3-5,9H2,1-2H3,(H,10,11);(H,6,7). The summed E-state index contributed by atoms with van der Waals surface area (Å²) in [5.41, 5.74) is 7.01. The van der Waals surface area contributed by atoms with Crippen molar-refractivity contribution in [1.29, 1.82) is 0 Å². The Balaban J connectivity index is 0.000000219. The first kappa shape index (κ1) is 31.0. The van der Waals surface area contributed by atoms with Gasteiger partial charge >= 0.3 is 18.1 Å². The maximum absolute atomic E-state index is 12.4. The van der Waals surface area contributed by atoms with E-state index in [2.05, 4.69) is 10.1 Å². The number of nitrogens with zero attached hydrogens (tertiary/aromatic N) is 3. The number of thioether (sulfide) groups is 1. The first-order valence-electron chi connectivity index (χ1n) is 11.5. The molecule has 38 heavy (non-hydrogen) atoms. The Morgan fingerprint density at radius 1 is 1.08 bits per heavy atom. The number of carbonyl (C=O) groups excluding carboxylic acids is 4. The minimum absolute atomic E-state index is 0.00546. The molecule has 0 radical (unpaired) electrons. The molecule has 3 fully saturated rings. The van der Waals surface area contributed by atoms with Crippen molar-refractivity contribution >= 4 is 41.2 Å². The fourth-order valence-electron chi connectivity index (χ4n) is 3.16. The minimum Gasteiger partial charge on any atom is -0.475 e. The molecule has 212 valence electrons. The Hall–Kier alpha value is -3.27. The van der Waals surface area contributed by atoms with Gasteiger partial charge in [0.25, 0.3) is 0 Å². The van der Waals surface area contributed by atoms with Gasteiger partial charge in [0.2, 0.25) is 17.5 Å². The van der Waals surface area contributed by atoms with Gasteiger partial charge in [-0.15, -0.1) is 0 Å². The molecule has 1 amide bonds. The SMILES string of the molecule is COC(=O)C(CCSC)NC(=O)CN.O=C(O)C(F)(F)F.O=C1C=C(N2CC2)C(=O)C(N2CC2)=C1N1CC1. The molecular formula is C22H30F3N5O7S. The highest BCUT2D eigenvalue weighted by Crippen LogP contribution is 2.33. The van der Waals surface area contributed by atoms with Gasteiger partial charge in [-0.2, -0.15) is 24.9 Å². The average Bonchev–Trinajstić information content (AvgIpc) is 3.71. The molecule has 0 aromatic rings. The van der Waals surface area contributed by atoms with E-state index in [0.29, 0.717) is 23.5 Å². The van der Waals surface area contributed by atoms with Crippen LogP contribution in [-0.2, 0) is 28.7 Å². The molecule has 0 aromatic heterocycles. The van der Waals surface area contributed by atoms with Crippen molar-refractivity contribution in [3.8, 4) is 0 Å². The van der Waals surface area contributed by atoms with E-state index in [0.717, 1.165) is 45.0 Å². The number of esters is 1. The molecule has 4 rings (SSSR count). The Kier molecular flexibility index (Phi) is 11.0. The number of hydrogen-bond donors (Lipinski definition) is 3. The Morgan fingerprint density at radius 3 is 1.97 bits per heavy atom.